The van der Waals surface area contributed by atoms with Gasteiger partial charge < -0.3 is 5.32 Å². The molecular formula is C14H19BrClFN2. The maximum atomic E-state index is 13.3. The van der Waals surface area contributed by atoms with Crippen LogP contribution in [0.4, 0.5) is 4.39 Å². The van der Waals surface area contributed by atoms with E-state index in [1.807, 2.05) is 6.07 Å². The zero-order valence-corrected chi connectivity index (χ0v) is 13.2. The lowest BCUT2D eigenvalue weighted by Gasteiger charge is -2.22. The van der Waals surface area contributed by atoms with Crippen molar-refractivity contribution < 1.29 is 4.39 Å². The van der Waals surface area contributed by atoms with Crippen molar-refractivity contribution in [3.8, 4) is 0 Å². The van der Waals surface area contributed by atoms with E-state index in [0.29, 0.717) is 5.41 Å². The number of halogens is 3. The van der Waals surface area contributed by atoms with E-state index < -0.39 is 0 Å². The standard InChI is InChI=1S/C14H18BrFN2.ClH/c15-12-5-11(6-13(16)7-12)8-18-4-2-14(10-18)1-3-17-9-14;/h5-7,17H,1-4,8-10H2;1H. The lowest BCUT2D eigenvalue weighted by molar-refractivity contribution is 0.268. The van der Waals surface area contributed by atoms with Crippen molar-refractivity contribution in [1.82, 2.24) is 10.2 Å². The Kier molecular flexibility index (Phi) is 4.88. The second-order valence-corrected chi connectivity index (χ2v) is 6.58. The Bertz CT molecular complexity index is 429. The molecule has 2 aliphatic rings. The summed E-state index contributed by atoms with van der Waals surface area (Å²) in [5.74, 6) is -0.157. The number of hydrogen-bond donors (Lipinski definition) is 1. The van der Waals surface area contributed by atoms with Gasteiger partial charge in [0.2, 0.25) is 0 Å². The van der Waals surface area contributed by atoms with Gasteiger partial charge in [0, 0.05) is 24.1 Å². The predicted molar refractivity (Wildman–Crippen MR) is 81.2 cm³/mol. The summed E-state index contributed by atoms with van der Waals surface area (Å²) in [6.45, 7) is 5.44. The third-order valence-corrected chi connectivity index (χ3v) is 4.64. The number of rotatable bonds is 2. The van der Waals surface area contributed by atoms with E-state index in [9.17, 15) is 4.39 Å². The summed E-state index contributed by atoms with van der Waals surface area (Å²) in [7, 11) is 0. The minimum absolute atomic E-state index is 0. The fourth-order valence-corrected chi connectivity index (χ4v) is 3.78. The number of benzene rings is 1. The van der Waals surface area contributed by atoms with Crippen LogP contribution in [0.15, 0.2) is 22.7 Å². The molecule has 1 aromatic carbocycles. The minimum Gasteiger partial charge on any atom is -0.316 e. The molecule has 0 bridgehead atoms. The molecule has 2 nitrogen and oxygen atoms in total. The van der Waals surface area contributed by atoms with Crippen LogP contribution in [0.2, 0.25) is 0 Å². The van der Waals surface area contributed by atoms with Crippen molar-refractivity contribution in [1.29, 1.82) is 0 Å². The van der Waals surface area contributed by atoms with Crippen LogP contribution in [0.25, 0.3) is 0 Å². The third kappa shape index (κ3) is 3.48. The molecule has 1 spiro atoms. The van der Waals surface area contributed by atoms with Gasteiger partial charge in [0.1, 0.15) is 5.82 Å². The SMILES string of the molecule is Cl.Fc1cc(Br)cc(CN2CCC3(CCNC3)C2)c1. The normalized spacial score (nSPS) is 26.8. The van der Waals surface area contributed by atoms with Gasteiger partial charge in [-0.2, -0.15) is 0 Å². The molecule has 19 heavy (non-hydrogen) atoms. The van der Waals surface area contributed by atoms with E-state index in [2.05, 4.69) is 26.1 Å². The van der Waals surface area contributed by atoms with Gasteiger partial charge in [-0.3, -0.25) is 4.90 Å². The second-order valence-electron chi connectivity index (χ2n) is 5.67. The Morgan fingerprint density at radius 2 is 2.16 bits per heavy atom. The first-order chi connectivity index (χ1) is 8.65. The van der Waals surface area contributed by atoms with Crippen LogP contribution in [-0.2, 0) is 6.54 Å². The lowest BCUT2D eigenvalue weighted by atomic mass is 9.86. The largest absolute Gasteiger partial charge is 0.316 e. The topological polar surface area (TPSA) is 15.3 Å². The Morgan fingerprint density at radius 1 is 1.32 bits per heavy atom. The van der Waals surface area contributed by atoms with Gasteiger partial charge >= 0.3 is 0 Å². The Balaban J connectivity index is 0.00000133. The monoisotopic (exact) mass is 348 g/mol. The first-order valence-corrected chi connectivity index (χ1v) is 7.33. The molecule has 3 rings (SSSR count). The van der Waals surface area contributed by atoms with E-state index in [-0.39, 0.29) is 18.2 Å². The molecule has 106 valence electrons. The van der Waals surface area contributed by atoms with Gasteiger partial charge in [-0.15, -0.1) is 12.4 Å². The lowest BCUT2D eigenvalue weighted by Crippen LogP contribution is -2.28. The van der Waals surface area contributed by atoms with Crippen molar-refractivity contribution in [3.63, 3.8) is 0 Å². The molecule has 0 amide bonds. The molecule has 0 saturated carbocycles. The van der Waals surface area contributed by atoms with E-state index in [0.717, 1.165) is 42.8 Å². The van der Waals surface area contributed by atoms with Crippen molar-refractivity contribution in [3.05, 3.63) is 34.1 Å². The first-order valence-electron chi connectivity index (χ1n) is 6.53. The molecule has 0 radical (unpaired) electrons. The summed E-state index contributed by atoms with van der Waals surface area (Å²) >= 11 is 3.35. The molecule has 2 fully saturated rings. The summed E-state index contributed by atoms with van der Waals surface area (Å²) in [6, 6.07) is 5.17. The van der Waals surface area contributed by atoms with E-state index in [1.54, 1.807) is 6.07 Å². The summed E-state index contributed by atoms with van der Waals surface area (Å²) in [4.78, 5) is 2.45. The number of nitrogens with one attached hydrogen (secondary N) is 1. The molecule has 5 heteroatoms. The van der Waals surface area contributed by atoms with Gasteiger partial charge in [-0.25, -0.2) is 4.39 Å². The predicted octanol–water partition coefficient (Wildman–Crippen LogP) is 3.20. The fourth-order valence-electron chi connectivity index (χ4n) is 3.27. The Morgan fingerprint density at radius 3 is 2.84 bits per heavy atom. The van der Waals surface area contributed by atoms with Gasteiger partial charge in [0.05, 0.1) is 0 Å². The molecule has 1 N–H and O–H groups in total. The molecule has 2 aliphatic heterocycles. The van der Waals surface area contributed by atoms with Gasteiger partial charge in [-0.1, -0.05) is 15.9 Å². The van der Waals surface area contributed by atoms with Crippen LogP contribution in [0.3, 0.4) is 0 Å². The quantitative estimate of drug-likeness (QED) is 0.882. The van der Waals surface area contributed by atoms with Crippen LogP contribution >= 0.6 is 28.3 Å². The smallest absolute Gasteiger partial charge is 0.124 e. The maximum absolute atomic E-state index is 13.3. The van der Waals surface area contributed by atoms with Crippen molar-refractivity contribution in [2.45, 2.75) is 19.4 Å². The Labute approximate surface area is 128 Å². The zero-order chi connectivity index (χ0) is 12.6. The molecule has 1 unspecified atom stereocenters. The van der Waals surface area contributed by atoms with Crippen LogP contribution in [0.5, 0.6) is 0 Å². The molecule has 0 aromatic heterocycles. The second kappa shape index (κ2) is 6.08. The fraction of sp³-hybridized carbons (Fsp3) is 0.571. The number of likely N-dealkylation sites (tertiary alicyclic amines) is 1. The van der Waals surface area contributed by atoms with Gasteiger partial charge in [-0.05, 0) is 55.1 Å². The highest BCUT2D eigenvalue weighted by Gasteiger charge is 2.39. The van der Waals surface area contributed by atoms with E-state index in [4.69, 9.17) is 0 Å². The first kappa shape index (κ1) is 15.2. The average Bonchev–Trinajstić information content (AvgIpc) is 2.89. The summed E-state index contributed by atoms with van der Waals surface area (Å²) < 4.78 is 14.2. The minimum atomic E-state index is -0.157. The average molecular weight is 350 g/mol. The maximum Gasteiger partial charge on any atom is 0.124 e. The number of nitrogens with zero attached hydrogens (tertiary/aromatic N) is 1. The molecule has 1 atom stereocenters. The van der Waals surface area contributed by atoms with Crippen LogP contribution in [-0.4, -0.2) is 31.1 Å². The molecule has 1 aromatic rings. The van der Waals surface area contributed by atoms with Crippen LogP contribution in [0.1, 0.15) is 18.4 Å². The molecule has 0 aliphatic carbocycles. The highest BCUT2D eigenvalue weighted by Crippen LogP contribution is 2.36. The van der Waals surface area contributed by atoms with Crippen LogP contribution < -0.4 is 5.32 Å². The molecule has 2 heterocycles. The Hall–Kier alpha value is -0.160. The summed E-state index contributed by atoms with van der Waals surface area (Å²) in [5, 5.41) is 3.46. The van der Waals surface area contributed by atoms with Crippen molar-refractivity contribution in [2.24, 2.45) is 5.41 Å². The summed E-state index contributed by atoms with van der Waals surface area (Å²) in [5.41, 5.74) is 1.55. The third-order valence-electron chi connectivity index (χ3n) is 4.18. The van der Waals surface area contributed by atoms with E-state index in [1.165, 1.54) is 18.9 Å². The summed E-state index contributed by atoms with van der Waals surface area (Å²) in [6.07, 6.45) is 2.56. The highest BCUT2D eigenvalue weighted by atomic mass is 79.9. The zero-order valence-electron chi connectivity index (χ0n) is 10.8. The molecule has 2 saturated heterocycles. The van der Waals surface area contributed by atoms with Crippen molar-refractivity contribution in [2.75, 3.05) is 26.2 Å². The highest BCUT2D eigenvalue weighted by molar-refractivity contribution is 9.10. The van der Waals surface area contributed by atoms with Crippen LogP contribution in [0, 0.1) is 11.2 Å². The van der Waals surface area contributed by atoms with Crippen molar-refractivity contribution >= 4 is 28.3 Å². The van der Waals surface area contributed by atoms with Gasteiger partial charge in [0.25, 0.3) is 0 Å². The van der Waals surface area contributed by atoms with E-state index >= 15 is 0 Å². The number of hydrogen-bond acceptors (Lipinski definition) is 2. The van der Waals surface area contributed by atoms with Gasteiger partial charge in [0.15, 0.2) is 0 Å². The molecular weight excluding hydrogens is 331 g/mol.